The minimum absolute atomic E-state index is 0.0945. The third-order valence-corrected chi connectivity index (χ3v) is 5.44. The van der Waals surface area contributed by atoms with Gasteiger partial charge < -0.3 is 9.80 Å². The molecule has 2 aliphatic heterocycles. The molecule has 2 aliphatic rings. The Balaban J connectivity index is 1.63. The Morgan fingerprint density at radius 1 is 1.35 bits per heavy atom. The molecule has 3 heterocycles. The third-order valence-electron chi connectivity index (χ3n) is 5.44. The van der Waals surface area contributed by atoms with Crippen molar-refractivity contribution in [1.82, 2.24) is 19.6 Å². The SMILES string of the molecule is CC[C@@H](C(=O)N1CCC2(CC1)CC(=O)N(CC)C2)n1cccn1. The van der Waals surface area contributed by atoms with E-state index in [2.05, 4.69) is 5.10 Å². The number of hydrogen-bond donors (Lipinski definition) is 0. The van der Waals surface area contributed by atoms with Crippen molar-refractivity contribution in [2.24, 2.45) is 5.41 Å². The van der Waals surface area contributed by atoms with Gasteiger partial charge in [-0.05, 0) is 32.3 Å². The van der Waals surface area contributed by atoms with Crippen molar-refractivity contribution >= 4 is 11.8 Å². The van der Waals surface area contributed by atoms with Crippen molar-refractivity contribution in [3.05, 3.63) is 18.5 Å². The van der Waals surface area contributed by atoms with Gasteiger partial charge in [0.25, 0.3) is 0 Å². The maximum atomic E-state index is 12.8. The van der Waals surface area contributed by atoms with Crippen LogP contribution in [0.3, 0.4) is 0 Å². The standard InChI is InChI=1S/C17H26N4O2/c1-3-14(21-9-5-8-18-21)16(23)20-10-6-17(7-11-20)12-15(22)19(4-2)13-17/h5,8-9,14H,3-4,6-7,10-13H2,1-2H3/t14-/m0/s1. The number of rotatable bonds is 4. The molecule has 1 aromatic heterocycles. The second-order valence-corrected chi connectivity index (χ2v) is 6.82. The predicted molar refractivity (Wildman–Crippen MR) is 86.7 cm³/mol. The summed E-state index contributed by atoms with van der Waals surface area (Å²) in [7, 11) is 0. The van der Waals surface area contributed by atoms with Gasteiger partial charge in [0.15, 0.2) is 0 Å². The smallest absolute Gasteiger partial charge is 0.247 e. The second kappa shape index (κ2) is 6.34. The molecule has 2 saturated heterocycles. The number of amides is 2. The molecule has 6 nitrogen and oxygen atoms in total. The van der Waals surface area contributed by atoms with E-state index in [4.69, 9.17) is 0 Å². The fraction of sp³-hybridized carbons (Fsp3) is 0.706. The zero-order valence-corrected chi connectivity index (χ0v) is 14.1. The fourth-order valence-electron chi connectivity index (χ4n) is 3.96. The lowest BCUT2D eigenvalue weighted by molar-refractivity contribution is -0.137. The van der Waals surface area contributed by atoms with Crippen LogP contribution >= 0.6 is 0 Å². The number of likely N-dealkylation sites (tertiary alicyclic amines) is 2. The summed E-state index contributed by atoms with van der Waals surface area (Å²) in [5.74, 6) is 0.429. The van der Waals surface area contributed by atoms with Crippen molar-refractivity contribution in [3.8, 4) is 0 Å². The van der Waals surface area contributed by atoms with Gasteiger partial charge in [0.1, 0.15) is 6.04 Å². The van der Waals surface area contributed by atoms with Crippen LogP contribution in [0.2, 0.25) is 0 Å². The number of carbonyl (C=O) groups is 2. The zero-order chi connectivity index (χ0) is 16.4. The van der Waals surface area contributed by atoms with Gasteiger partial charge in [0.05, 0.1) is 0 Å². The van der Waals surface area contributed by atoms with E-state index in [-0.39, 0.29) is 23.3 Å². The number of nitrogens with zero attached hydrogens (tertiary/aromatic N) is 4. The lowest BCUT2D eigenvalue weighted by Gasteiger charge is -2.39. The molecule has 0 radical (unpaired) electrons. The molecular weight excluding hydrogens is 292 g/mol. The van der Waals surface area contributed by atoms with Gasteiger partial charge in [-0.2, -0.15) is 5.10 Å². The van der Waals surface area contributed by atoms with Gasteiger partial charge in [0.2, 0.25) is 11.8 Å². The summed E-state index contributed by atoms with van der Waals surface area (Å²) in [5.41, 5.74) is 0.0945. The van der Waals surface area contributed by atoms with Gasteiger partial charge in [-0.25, -0.2) is 0 Å². The van der Waals surface area contributed by atoms with Crippen LogP contribution in [0, 0.1) is 5.41 Å². The van der Waals surface area contributed by atoms with E-state index in [1.54, 1.807) is 10.9 Å². The van der Waals surface area contributed by atoms with E-state index in [1.165, 1.54) is 0 Å². The molecule has 3 rings (SSSR count). The van der Waals surface area contributed by atoms with Gasteiger partial charge >= 0.3 is 0 Å². The third kappa shape index (κ3) is 2.99. The number of aromatic nitrogens is 2. The van der Waals surface area contributed by atoms with Crippen LogP contribution < -0.4 is 0 Å². The lowest BCUT2D eigenvalue weighted by atomic mass is 9.77. The number of piperidine rings is 1. The van der Waals surface area contributed by atoms with E-state index < -0.39 is 0 Å². The van der Waals surface area contributed by atoms with Crippen LogP contribution in [0.5, 0.6) is 0 Å². The molecule has 0 aromatic carbocycles. The molecule has 0 saturated carbocycles. The van der Waals surface area contributed by atoms with Crippen LogP contribution in [-0.4, -0.2) is 57.6 Å². The van der Waals surface area contributed by atoms with Crippen molar-refractivity contribution in [2.75, 3.05) is 26.2 Å². The molecule has 0 bridgehead atoms. The Morgan fingerprint density at radius 2 is 2.09 bits per heavy atom. The Bertz CT molecular complexity index is 561. The molecule has 0 N–H and O–H groups in total. The van der Waals surface area contributed by atoms with E-state index >= 15 is 0 Å². The Hall–Kier alpha value is -1.85. The first-order valence-electron chi connectivity index (χ1n) is 8.64. The summed E-state index contributed by atoms with van der Waals surface area (Å²) in [5, 5.41) is 4.22. The highest BCUT2D eigenvalue weighted by molar-refractivity contribution is 5.81. The number of carbonyl (C=O) groups excluding carboxylic acids is 2. The largest absolute Gasteiger partial charge is 0.342 e. The Kier molecular flexibility index (Phi) is 4.41. The van der Waals surface area contributed by atoms with Crippen LogP contribution in [0.4, 0.5) is 0 Å². The second-order valence-electron chi connectivity index (χ2n) is 6.82. The van der Waals surface area contributed by atoms with Crippen LogP contribution in [0.25, 0.3) is 0 Å². The fourth-order valence-corrected chi connectivity index (χ4v) is 3.96. The molecule has 6 heteroatoms. The summed E-state index contributed by atoms with van der Waals surface area (Å²) in [6.07, 6.45) is 6.81. The minimum Gasteiger partial charge on any atom is -0.342 e. The average molecular weight is 318 g/mol. The first-order chi connectivity index (χ1) is 11.1. The summed E-state index contributed by atoms with van der Waals surface area (Å²) in [6.45, 7) is 7.21. The molecule has 1 spiro atoms. The van der Waals surface area contributed by atoms with Crippen molar-refractivity contribution in [3.63, 3.8) is 0 Å². The highest BCUT2D eigenvalue weighted by Crippen LogP contribution is 2.41. The predicted octanol–water partition coefficient (Wildman–Crippen LogP) is 1.70. The maximum absolute atomic E-state index is 12.8. The Morgan fingerprint density at radius 3 is 2.61 bits per heavy atom. The van der Waals surface area contributed by atoms with Crippen molar-refractivity contribution in [2.45, 2.75) is 45.6 Å². The normalized spacial score (nSPS) is 21.9. The first-order valence-corrected chi connectivity index (χ1v) is 8.64. The molecule has 0 unspecified atom stereocenters. The van der Waals surface area contributed by atoms with Crippen molar-refractivity contribution in [1.29, 1.82) is 0 Å². The van der Waals surface area contributed by atoms with Gasteiger partial charge in [-0.3, -0.25) is 14.3 Å². The van der Waals surface area contributed by atoms with Crippen LogP contribution in [-0.2, 0) is 9.59 Å². The number of hydrogen-bond acceptors (Lipinski definition) is 3. The summed E-state index contributed by atoms with van der Waals surface area (Å²) in [4.78, 5) is 28.8. The summed E-state index contributed by atoms with van der Waals surface area (Å²) < 4.78 is 1.75. The van der Waals surface area contributed by atoms with Crippen LogP contribution in [0.15, 0.2) is 18.5 Å². The molecule has 1 atom stereocenters. The molecule has 1 aromatic rings. The zero-order valence-electron chi connectivity index (χ0n) is 14.1. The molecular formula is C17H26N4O2. The highest BCUT2D eigenvalue weighted by atomic mass is 16.2. The topological polar surface area (TPSA) is 58.4 Å². The van der Waals surface area contributed by atoms with E-state index in [1.807, 2.05) is 35.9 Å². The molecule has 2 amide bonds. The van der Waals surface area contributed by atoms with Crippen molar-refractivity contribution < 1.29 is 9.59 Å². The van der Waals surface area contributed by atoms with Gasteiger partial charge in [0, 0.05) is 50.4 Å². The molecule has 0 aliphatic carbocycles. The summed E-state index contributed by atoms with van der Waals surface area (Å²) >= 11 is 0. The van der Waals surface area contributed by atoms with Gasteiger partial charge in [-0.15, -0.1) is 0 Å². The highest BCUT2D eigenvalue weighted by Gasteiger charge is 2.45. The molecule has 126 valence electrons. The molecule has 2 fully saturated rings. The summed E-state index contributed by atoms with van der Waals surface area (Å²) in [6, 6.07) is 1.64. The van der Waals surface area contributed by atoms with Crippen LogP contribution in [0.1, 0.15) is 45.6 Å². The Labute approximate surface area is 137 Å². The van der Waals surface area contributed by atoms with Gasteiger partial charge in [-0.1, -0.05) is 6.92 Å². The quantitative estimate of drug-likeness (QED) is 0.849. The molecule has 23 heavy (non-hydrogen) atoms. The van der Waals surface area contributed by atoms with E-state index in [0.717, 1.165) is 45.4 Å². The van der Waals surface area contributed by atoms with E-state index in [9.17, 15) is 9.59 Å². The monoisotopic (exact) mass is 318 g/mol. The lowest BCUT2D eigenvalue weighted by Crippen LogP contribution is -2.46. The first kappa shape index (κ1) is 16.0. The maximum Gasteiger partial charge on any atom is 0.247 e. The average Bonchev–Trinajstić information content (AvgIpc) is 3.17. The minimum atomic E-state index is -0.212. The van der Waals surface area contributed by atoms with E-state index in [0.29, 0.717) is 6.42 Å².